The van der Waals surface area contributed by atoms with Gasteiger partial charge in [-0.15, -0.1) is 0 Å². The van der Waals surface area contributed by atoms with Gasteiger partial charge in [-0.1, -0.05) is 6.07 Å². The molecule has 0 fully saturated rings. The summed E-state index contributed by atoms with van der Waals surface area (Å²) >= 11 is 0. The molecule has 0 aliphatic carbocycles. The maximum atomic E-state index is 5.78. The van der Waals surface area contributed by atoms with Gasteiger partial charge in [0.15, 0.2) is 5.65 Å². The van der Waals surface area contributed by atoms with Crippen LogP contribution in [0.2, 0.25) is 0 Å². The molecule has 0 saturated heterocycles. The van der Waals surface area contributed by atoms with Crippen LogP contribution in [0.3, 0.4) is 0 Å². The fraction of sp³-hybridized carbons (Fsp3) is 0.154. The van der Waals surface area contributed by atoms with Crippen molar-refractivity contribution < 1.29 is 0 Å². The van der Waals surface area contributed by atoms with E-state index in [0.717, 1.165) is 22.4 Å². The van der Waals surface area contributed by atoms with Crippen LogP contribution < -0.4 is 5.73 Å². The van der Waals surface area contributed by atoms with Gasteiger partial charge in [0.1, 0.15) is 0 Å². The summed E-state index contributed by atoms with van der Waals surface area (Å²) in [7, 11) is 1.88. The normalized spacial score (nSPS) is 10.9. The van der Waals surface area contributed by atoms with E-state index in [1.165, 1.54) is 0 Å². The molecular formula is C13H13N5. The summed E-state index contributed by atoms with van der Waals surface area (Å²) in [5, 5.41) is 5.47. The van der Waals surface area contributed by atoms with Crippen LogP contribution >= 0.6 is 0 Å². The van der Waals surface area contributed by atoms with Crippen LogP contribution in [0.25, 0.3) is 11.0 Å². The number of rotatable bonds is 2. The molecule has 0 amide bonds. The number of nitrogens with two attached hydrogens (primary N) is 1. The highest BCUT2D eigenvalue weighted by Crippen LogP contribution is 2.20. The number of aromatic nitrogens is 4. The predicted molar refractivity (Wildman–Crippen MR) is 70.0 cm³/mol. The average Bonchev–Trinajstić information content (AvgIpc) is 2.67. The number of hydrogen-bond donors (Lipinski definition) is 1. The molecule has 0 spiro atoms. The van der Waals surface area contributed by atoms with E-state index < -0.39 is 0 Å². The third kappa shape index (κ3) is 1.79. The molecule has 3 rings (SSSR count). The third-order valence-corrected chi connectivity index (χ3v) is 2.85. The SMILES string of the molecule is Cn1nc(Cc2ccccn2)c2cc(N)cnc21. The van der Waals surface area contributed by atoms with Crippen molar-refractivity contribution in [3.63, 3.8) is 0 Å². The highest BCUT2D eigenvalue weighted by molar-refractivity contribution is 5.81. The van der Waals surface area contributed by atoms with Crippen LogP contribution in [0.4, 0.5) is 5.69 Å². The van der Waals surface area contributed by atoms with Crippen LogP contribution in [-0.4, -0.2) is 19.7 Å². The number of fused-ring (bicyclic) bond motifs is 1. The summed E-state index contributed by atoms with van der Waals surface area (Å²) in [6.45, 7) is 0. The quantitative estimate of drug-likeness (QED) is 0.736. The van der Waals surface area contributed by atoms with Crippen LogP contribution in [0.1, 0.15) is 11.4 Å². The Morgan fingerprint density at radius 1 is 1.28 bits per heavy atom. The number of aryl methyl sites for hydroxylation is 1. The number of pyridine rings is 2. The molecule has 0 unspecified atom stereocenters. The standard InChI is InChI=1S/C13H13N5/c1-18-13-11(6-9(14)8-16-13)12(17-18)7-10-4-2-3-5-15-10/h2-6,8H,7,14H2,1H3. The van der Waals surface area contributed by atoms with Crippen LogP contribution in [0.15, 0.2) is 36.7 Å². The number of hydrogen-bond acceptors (Lipinski definition) is 4. The van der Waals surface area contributed by atoms with Gasteiger partial charge in [-0.2, -0.15) is 5.10 Å². The molecule has 0 atom stereocenters. The molecule has 5 nitrogen and oxygen atoms in total. The zero-order valence-corrected chi connectivity index (χ0v) is 10.0. The third-order valence-electron chi connectivity index (χ3n) is 2.85. The van der Waals surface area contributed by atoms with E-state index in [0.29, 0.717) is 12.1 Å². The lowest BCUT2D eigenvalue weighted by Gasteiger charge is -1.97. The van der Waals surface area contributed by atoms with Crippen molar-refractivity contribution in [1.29, 1.82) is 0 Å². The van der Waals surface area contributed by atoms with E-state index in [-0.39, 0.29) is 0 Å². The van der Waals surface area contributed by atoms with Gasteiger partial charge in [0.25, 0.3) is 0 Å². The van der Waals surface area contributed by atoms with Crippen molar-refractivity contribution in [1.82, 2.24) is 19.7 Å². The second-order valence-electron chi connectivity index (χ2n) is 4.21. The summed E-state index contributed by atoms with van der Waals surface area (Å²) in [5.74, 6) is 0. The topological polar surface area (TPSA) is 69.6 Å². The van der Waals surface area contributed by atoms with E-state index in [1.54, 1.807) is 17.1 Å². The average molecular weight is 239 g/mol. The first-order chi connectivity index (χ1) is 8.74. The van der Waals surface area contributed by atoms with Gasteiger partial charge >= 0.3 is 0 Å². The highest BCUT2D eigenvalue weighted by Gasteiger charge is 2.10. The van der Waals surface area contributed by atoms with E-state index >= 15 is 0 Å². The van der Waals surface area contributed by atoms with E-state index in [1.807, 2.05) is 31.3 Å². The van der Waals surface area contributed by atoms with Gasteiger partial charge in [0.05, 0.1) is 17.6 Å². The molecule has 3 heterocycles. The van der Waals surface area contributed by atoms with Gasteiger partial charge in [0, 0.05) is 30.7 Å². The molecule has 3 aromatic rings. The van der Waals surface area contributed by atoms with Gasteiger partial charge < -0.3 is 5.73 Å². The Kier molecular flexibility index (Phi) is 2.44. The molecule has 2 N–H and O–H groups in total. The Labute approximate surface area is 104 Å². The summed E-state index contributed by atoms with van der Waals surface area (Å²) in [4.78, 5) is 8.61. The fourth-order valence-electron chi connectivity index (χ4n) is 2.03. The molecule has 18 heavy (non-hydrogen) atoms. The van der Waals surface area contributed by atoms with Crippen LogP contribution in [0.5, 0.6) is 0 Å². The zero-order chi connectivity index (χ0) is 12.5. The smallest absolute Gasteiger partial charge is 0.157 e. The molecule has 0 aliphatic rings. The minimum absolute atomic E-state index is 0.651. The predicted octanol–water partition coefficient (Wildman–Crippen LogP) is 1.54. The lowest BCUT2D eigenvalue weighted by molar-refractivity contribution is 0.763. The molecule has 0 radical (unpaired) electrons. The monoisotopic (exact) mass is 239 g/mol. The summed E-state index contributed by atoms with van der Waals surface area (Å²) in [6, 6.07) is 7.77. The summed E-state index contributed by atoms with van der Waals surface area (Å²) in [6.07, 6.45) is 4.12. The minimum Gasteiger partial charge on any atom is -0.397 e. The van der Waals surface area contributed by atoms with Crippen molar-refractivity contribution in [2.24, 2.45) is 7.05 Å². The van der Waals surface area contributed by atoms with Gasteiger partial charge in [-0.3, -0.25) is 9.67 Å². The van der Waals surface area contributed by atoms with Gasteiger partial charge in [0.2, 0.25) is 0 Å². The minimum atomic E-state index is 0.651. The van der Waals surface area contributed by atoms with Crippen molar-refractivity contribution in [3.8, 4) is 0 Å². The number of anilines is 1. The summed E-state index contributed by atoms with van der Waals surface area (Å²) in [5.41, 5.74) is 9.21. The first-order valence-electron chi connectivity index (χ1n) is 5.71. The second kappa shape index (κ2) is 4.10. The maximum absolute atomic E-state index is 5.78. The van der Waals surface area contributed by atoms with Crippen molar-refractivity contribution in [2.45, 2.75) is 6.42 Å². The Balaban J connectivity index is 2.09. The highest BCUT2D eigenvalue weighted by atomic mass is 15.3. The molecule has 0 saturated carbocycles. The zero-order valence-electron chi connectivity index (χ0n) is 10.0. The Morgan fingerprint density at radius 3 is 2.94 bits per heavy atom. The lowest BCUT2D eigenvalue weighted by Crippen LogP contribution is -1.95. The molecule has 5 heteroatoms. The molecule has 3 aromatic heterocycles. The van der Waals surface area contributed by atoms with E-state index in [2.05, 4.69) is 15.1 Å². The molecule has 0 aromatic carbocycles. The Hall–Kier alpha value is -2.43. The van der Waals surface area contributed by atoms with Crippen molar-refractivity contribution in [3.05, 3.63) is 48.0 Å². The maximum Gasteiger partial charge on any atom is 0.157 e. The van der Waals surface area contributed by atoms with Crippen molar-refractivity contribution in [2.75, 3.05) is 5.73 Å². The van der Waals surface area contributed by atoms with E-state index in [9.17, 15) is 0 Å². The number of nitrogen functional groups attached to an aromatic ring is 1. The number of nitrogens with zero attached hydrogens (tertiary/aromatic N) is 4. The van der Waals surface area contributed by atoms with Crippen molar-refractivity contribution >= 4 is 16.7 Å². The van der Waals surface area contributed by atoms with E-state index in [4.69, 9.17) is 5.73 Å². The second-order valence-corrected chi connectivity index (χ2v) is 4.21. The molecule has 0 bridgehead atoms. The fourth-order valence-corrected chi connectivity index (χ4v) is 2.03. The molecule has 90 valence electrons. The first kappa shape index (κ1) is 10.7. The lowest BCUT2D eigenvalue weighted by atomic mass is 10.1. The molecule has 0 aliphatic heterocycles. The van der Waals surface area contributed by atoms with Gasteiger partial charge in [-0.05, 0) is 18.2 Å². The largest absolute Gasteiger partial charge is 0.397 e. The van der Waals surface area contributed by atoms with Crippen LogP contribution in [0, 0.1) is 0 Å². The summed E-state index contributed by atoms with van der Waals surface area (Å²) < 4.78 is 1.77. The Morgan fingerprint density at radius 2 is 2.17 bits per heavy atom. The first-order valence-corrected chi connectivity index (χ1v) is 5.71. The Bertz CT molecular complexity index is 687. The van der Waals surface area contributed by atoms with Crippen LogP contribution in [-0.2, 0) is 13.5 Å². The molecular weight excluding hydrogens is 226 g/mol. The van der Waals surface area contributed by atoms with Gasteiger partial charge in [-0.25, -0.2) is 4.98 Å².